The predicted molar refractivity (Wildman–Crippen MR) is 104 cm³/mol. The van der Waals surface area contributed by atoms with Gasteiger partial charge in [-0.05, 0) is 23.8 Å². The molecule has 31 heavy (non-hydrogen) atoms. The molecule has 2 N–H and O–H groups in total. The van der Waals surface area contributed by atoms with Gasteiger partial charge in [0.25, 0.3) is 11.5 Å². The van der Waals surface area contributed by atoms with E-state index in [-0.39, 0.29) is 28.3 Å². The quantitative estimate of drug-likeness (QED) is 0.473. The number of methoxy groups -OCH3 is 1. The van der Waals surface area contributed by atoms with E-state index < -0.39 is 29.0 Å². The Hall–Kier alpha value is -3.89. The molecule has 0 unspecified atom stereocenters. The number of carbonyl (C=O) groups excluding carboxylic acids is 1. The van der Waals surface area contributed by atoms with Crippen molar-refractivity contribution >= 4 is 11.6 Å². The molecule has 0 atom stereocenters. The van der Waals surface area contributed by atoms with Crippen molar-refractivity contribution in [3.05, 3.63) is 76.1 Å². The summed E-state index contributed by atoms with van der Waals surface area (Å²) in [6.07, 6.45) is -2.01. The lowest BCUT2D eigenvalue weighted by atomic mass is 10.0. The zero-order valence-electron chi connectivity index (χ0n) is 16.2. The second kappa shape index (κ2) is 8.46. The normalized spacial score (nSPS) is 11.2. The van der Waals surface area contributed by atoms with Crippen LogP contribution < -0.4 is 21.1 Å². The smallest absolute Gasteiger partial charge is 0.416 e. The van der Waals surface area contributed by atoms with E-state index in [0.717, 1.165) is 34.9 Å². The van der Waals surface area contributed by atoms with E-state index in [4.69, 9.17) is 4.74 Å². The van der Waals surface area contributed by atoms with Crippen molar-refractivity contribution in [3.63, 3.8) is 0 Å². The van der Waals surface area contributed by atoms with Crippen molar-refractivity contribution < 1.29 is 27.1 Å². The minimum absolute atomic E-state index is 0.0426. The molecule has 2 aromatic heterocycles. The van der Waals surface area contributed by atoms with Gasteiger partial charge >= 0.3 is 6.18 Å². The number of halogens is 4. The van der Waals surface area contributed by atoms with Crippen molar-refractivity contribution in [2.75, 3.05) is 12.5 Å². The van der Waals surface area contributed by atoms with Gasteiger partial charge in [0.15, 0.2) is 5.82 Å². The molecule has 3 aromatic rings. The third-order valence-corrected chi connectivity index (χ3v) is 4.29. The highest BCUT2D eigenvalue weighted by Crippen LogP contribution is 2.30. The van der Waals surface area contributed by atoms with E-state index in [1.807, 2.05) is 0 Å². The number of pyridine rings is 2. The summed E-state index contributed by atoms with van der Waals surface area (Å²) in [5.41, 5.74) is 3.92. The summed E-state index contributed by atoms with van der Waals surface area (Å²) in [5, 5.41) is 0. The zero-order valence-corrected chi connectivity index (χ0v) is 16.2. The minimum atomic E-state index is -4.51. The number of benzene rings is 1. The monoisotopic (exact) mass is 436 g/mol. The average molecular weight is 436 g/mol. The maximum atomic E-state index is 13.7. The number of aryl methyl sites for hydroxylation is 1. The van der Waals surface area contributed by atoms with Crippen molar-refractivity contribution in [1.82, 2.24) is 15.0 Å². The number of hydrogen-bond acceptors (Lipinski definition) is 5. The Morgan fingerprint density at radius 3 is 2.42 bits per heavy atom. The third-order valence-electron chi connectivity index (χ3n) is 4.29. The van der Waals surface area contributed by atoms with E-state index in [2.05, 4.69) is 15.8 Å². The number of nitrogens with zero attached hydrogens (tertiary/aromatic N) is 2. The minimum Gasteiger partial charge on any atom is -0.479 e. The number of hydrogen-bond donors (Lipinski definition) is 2. The van der Waals surface area contributed by atoms with Crippen molar-refractivity contribution in [2.45, 2.75) is 6.18 Å². The average Bonchev–Trinajstić information content (AvgIpc) is 2.73. The van der Waals surface area contributed by atoms with Crippen LogP contribution in [0.25, 0.3) is 11.1 Å². The SMILES string of the molecule is COc1ncc(NNC(=O)c2cc(-c3ccc(C(F)(F)F)cc3)c(=O)n(C)c2)cc1F. The molecule has 0 fully saturated rings. The molecule has 0 saturated heterocycles. The Kier molecular flexibility index (Phi) is 5.95. The number of anilines is 1. The lowest BCUT2D eigenvalue weighted by Crippen LogP contribution is -2.31. The molecule has 0 aliphatic heterocycles. The molecule has 3 rings (SSSR count). The molecule has 0 aliphatic carbocycles. The van der Waals surface area contributed by atoms with Gasteiger partial charge < -0.3 is 9.30 Å². The number of aromatic nitrogens is 2. The fraction of sp³-hybridized carbons (Fsp3) is 0.150. The maximum absolute atomic E-state index is 13.7. The molecule has 2 heterocycles. The molecular weight excluding hydrogens is 420 g/mol. The number of hydrazine groups is 1. The van der Waals surface area contributed by atoms with Crippen LogP contribution in [-0.2, 0) is 13.2 Å². The van der Waals surface area contributed by atoms with Crippen LogP contribution in [0.2, 0.25) is 0 Å². The number of ether oxygens (including phenoxy) is 1. The van der Waals surface area contributed by atoms with Gasteiger partial charge in [0.2, 0.25) is 5.88 Å². The summed E-state index contributed by atoms with van der Waals surface area (Å²) in [7, 11) is 2.66. The molecule has 0 bridgehead atoms. The molecule has 162 valence electrons. The lowest BCUT2D eigenvalue weighted by Gasteiger charge is -2.12. The van der Waals surface area contributed by atoms with Crippen LogP contribution in [0.1, 0.15) is 15.9 Å². The fourth-order valence-electron chi connectivity index (χ4n) is 2.73. The van der Waals surface area contributed by atoms with E-state index in [1.54, 1.807) is 0 Å². The van der Waals surface area contributed by atoms with Gasteiger partial charge in [0.1, 0.15) is 0 Å². The molecule has 0 spiro atoms. The predicted octanol–water partition coefficient (Wildman–Crippen LogP) is 3.37. The van der Waals surface area contributed by atoms with Crippen LogP contribution in [-0.4, -0.2) is 22.6 Å². The van der Waals surface area contributed by atoms with Crippen LogP contribution in [0.15, 0.2) is 53.6 Å². The fourth-order valence-corrected chi connectivity index (χ4v) is 2.73. The van der Waals surface area contributed by atoms with Gasteiger partial charge in [-0.15, -0.1) is 0 Å². The number of amides is 1. The summed E-state index contributed by atoms with van der Waals surface area (Å²) in [6.45, 7) is 0. The molecule has 0 saturated carbocycles. The van der Waals surface area contributed by atoms with Gasteiger partial charge in [-0.25, -0.2) is 9.37 Å². The van der Waals surface area contributed by atoms with E-state index in [1.165, 1.54) is 32.6 Å². The number of carbonyl (C=O) groups is 1. The van der Waals surface area contributed by atoms with Gasteiger partial charge in [-0.1, -0.05) is 12.1 Å². The summed E-state index contributed by atoms with van der Waals surface area (Å²) in [6, 6.07) is 6.34. The van der Waals surface area contributed by atoms with Crippen molar-refractivity contribution in [3.8, 4) is 17.0 Å². The van der Waals surface area contributed by atoms with Gasteiger partial charge in [-0.2, -0.15) is 13.2 Å². The molecule has 7 nitrogen and oxygen atoms in total. The topological polar surface area (TPSA) is 85.2 Å². The Bertz CT molecular complexity index is 1170. The first-order chi connectivity index (χ1) is 14.6. The zero-order chi connectivity index (χ0) is 22.8. The lowest BCUT2D eigenvalue weighted by molar-refractivity contribution is -0.137. The van der Waals surface area contributed by atoms with Gasteiger partial charge in [0, 0.05) is 24.9 Å². The van der Waals surface area contributed by atoms with Crippen LogP contribution in [0, 0.1) is 5.82 Å². The van der Waals surface area contributed by atoms with Gasteiger partial charge in [0.05, 0.1) is 30.1 Å². The Balaban J connectivity index is 1.84. The Morgan fingerprint density at radius 1 is 1.16 bits per heavy atom. The van der Waals surface area contributed by atoms with Crippen molar-refractivity contribution in [2.24, 2.45) is 7.05 Å². The summed E-state index contributed by atoms with van der Waals surface area (Å²) < 4.78 is 57.8. The highest BCUT2D eigenvalue weighted by molar-refractivity contribution is 5.95. The highest BCUT2D eigenvalue weighted by Gasteiger charge is 2.30. The van der Waals surface area contributed by atoms with E-state index in [9.17, 15) is 27.2 Å². The van der Waals surface area contributed by atoms with Gasteiger partial charge in [-0.3, -0.25) is 20.4 Å². The number of alkyl halides is 3. The first-order valence-electron chi connectivity index (χ1n) is 8.74. The maximum Gasteiger partial charge on any atom is 0.416 e. The highest BCUT2D eigenvalue weighted by atomic mass is 19.4. The number of nitrogens with one attached hydrogen (secondary N) is 2. The van der Waals surface area contributed by atoms with E-state index in [0.29, 0.717) is 0 Å². The first kappa shape index (κ1) is 21.8. The van der Waals surface area contributed by atoms with Crippen molar-refractivity contribution in [1.29, 1.82) is 0 Å². The van der Waals surface area contributed by atoms with E-state index >= 15 is 0 Å². The largest absolute Gasteiger partial charge is 0.479 e. The standard InChI is InChI=1S/C20H16F4N4O3/c1-28-10-12(17(29)27-26-14-8-16(21)18(31-2)25-9-14)7-15(19(28)30)11-3-5-13(6-4-11)20(22,23)24/h3-10,26H,1-2H3,(H,27,29). The summed E-state index contributed by atoms with van der Waals surface area (Å²) >= 11 is 0. The Morgan fingerprint density at radius 2 is 1.84 bits per heavy atom. The van der Waals surface area contributed by atoms with Crippen LogP contribution >= 0.6 is 0 Å². The second-order valence-corrected chi connectivity index (χ2v) is 6.43. The third kappa shape index (κ3) is 4.82. The summed E-state index contributed by atoms with van der Waals surface area (Å²) in [4.78, 5) is 28.6. The number of rotatable bonds is 5. The molecule has 1 aromatic carbocycles. The van der Waals surface area contributed by atoms with Crippen LogP contribution in [0.3, 0.4) is 0 Å². The Labute approximate surface area is 173 Å². The second-order valence-electron chi connectivity index (χ2n) is 6.43. The van der Waals surface area contributed by atoms with Crippen LogP contribution in [0.5, 0.6) is 5.88 Å². The molecule has 0 radical (unpaired) electrons. The summed E-state index contributed by atoms with van der Waals surface area (Å²) in [5.74, 6) is -1.62. The molecular formula is C20H16F4N4O3. The molecule has 11 heteroatoms. The molecule has 1 amide bonds. The first-order valence-corrected chi connectivity index (χ1v) is 8.74. The molecule has 0 aliphatic rings. The van der Waals surface area contributed by atoms with Crippen LogP contribution in [0.4, 0.5) is 23.2 Å².